The highest BCUT2D eigenvalue weighted by atomic mass is 16.5. The summed E-state index contributed by atoms with van der Waals surface area (Å²) in [4.78, 5) is 23.2. The summed E-state index contributed by atoms with van der Waals surface area (Å²) in [5.74, 6) is 0.119. The molecular weight excluding hydrogens is 206 g/mol. The van der Waals surface area contributed by atoms with E-state index in [4.69, 9.17) is 4.74 Å². The molecule has 0 aliphatic heterocycles. The monoisotopic (exact) mass is 227 g/mol. The third-order valence-corrected chi connectivity index (χ3v) is 2.99. The molecule has 0 spiro atoms. The standard InChI is InChI=1S/C12H21NO3/c1-8(2)7-10(12(15)16-3)13-11(14)9-5-4-6-9/h8-10H,4-7H2,1-3H3,(H,13,14)/t10-/m1/s1. The molecule has 1 aliphatic carbocycles. The lowest BCUT2D eigenvalue weighted by molar-refractivity contribution is -0.146. The number of methoxy groups -OCH3 is 1. The number of hydrogen-bond acceptors (Lipinski definition) is 3. The molecular formula is C12H21NO3. The number of nitrogens with one attached hydrogen (secondary N) is 1. The molecule has 0 saturated heterocycles. The average Bonchev–Trinajstić information content (AvgIpc) is 2.11. The van der Waals surface area contributed by atoms with Gasteiger partial charge in [-0.3, -0.25) is 4.79 Å². The molecule has 1 atom stereocenters. The van der Waals surface area contributed by atoms with Crippen LogP contribution in [0.1, 0.15) is 39.5 Å². The predicted octanol–water partition coefficient (Wildman–Crippen LogP) is 1.49. The van der Waals surface area contributed by atoms with Crippen LogP contribution in [0.3, 0.4) is 0 Å². The largest absolute Gasteiger partial charge is 0.467 e. The van der Waals surface area contributed by atoms with Crippen LogP contribution in [0.5, 0.6) is 0 Å². The molecule has 0 bridgehead atoms. The molecule has 92 valence electrons. The highest BCUT2D eigenvalue weighted by Gasteiger charge is 2.29. The molecule has 1 saturated carbocycles. The first-order valence-corrected chi connectivity index (χ1v) is 5.92. The van der Waals surface area contributed by atoms with Gasteiger partial charge in [0.25, 0.3) is 0 Å². The molecule has 1 aliphatic rings. The Bertz CT molecular complexity index is 259. The van der Waals surface area contributed by atoms with Crippen molar-refractivity contribution in [2.24, 2.45) is 11.8 Å². The fourth-order valence-electron chi connectivity index (χ4n) is 1.79. The normalized spacial score (nSPS) is 17.8. The van der Waals surface area contributed by atoms with Gasteiger partial charge in [-0.15, -0.1) is 0 Å². The van der Waals surface area contributed by atoms with Crippen LogP contribution in [-0.2, 0) is 14.3 Å². The molecule has 0 aromatic heterocycles. The zero-order valence-corrected chi connectivity index (χ0v) is 10.3. The number of amides is 1. The minimum absolute atomic E-state index is 0.00213. The van der Waals surface area contributed by atoms with Crippen LogP contribution in [0.15, 0.2) is 0 Å². The summed E-state index contributed by atoms with van der Waals surface area (Å²) in [6.45, 7) is 4.04. The molecule has 0 aromatic carbocycles. The Labute approximate surface area is 96.7 Å². The molecule has 0 aromatic rings. The first-order chi connectivity index (χ1) is 7.54. The Morgan fingerprint density at radius 3 is 2.38 bits per heavy atom. The maximum Gasteiger partial charge on any atom is 0.328 e. The Morgan fingerprint density at radius 1 is 1.38 bits per heavy atom. The van der Waals surface area contributed by atoms with Crippen LogP contribution >= 0.6 is 0 Å². The first-order valence-electron chi connectivity index (χ1n) is 5.92. The third-order valence-electron chi connectivity index (χ3n) is 2.99. The van der Waals surface area contributed by atoms with Gasteiger partial charge in [0.2, 0.25) is 5.91 Å². The van der Waals surface area contributed by atoms with Crippen molar-refractivity contribution >= 4 is 11.9 Å². The number of hydrogen-bond donors (Lipinski definition) is 1. The van der Waals surface area contributed by atoms with Gasteiger partial charge in [0.15, 0.2) is 0 Å². The molecule has 4 nitrogen and oxygen atoms in total. The summed E-state index contributed by atoms with van der Waals surface area (Å²) >= 11 is 0. The minimum atomic E-state index is -0.488. The van der Waals surface area contributed by atoms with E-state index in [0.717, 1.165) is 19.3 Å². The highest BCUT2D eigenvalue weighted by Crippen LogP contribution is 2.26. The summed E-state index contributed by atoms with van der Waals surface area (Å²) in [5.41, 5.74) is 0. The van der Waals surface area contributed by atoms with Crippen molar-refractivity contribution in [2.45, 2.75) is 45.6 Å². The maximum atomic E-state index is 11.7. The lowest BCUT2D eigenvalue weighted by Crippen LogP contribution is -2.46. The molecule has 16 heavy (non-hydrogen) atoms. The number of carbonyl (C=O) groups is 2. The first kappa shape index (κ1) is 13.0. The summed E-state index contributed by atoms with van der Waals surface area (Å²) in [6, 6.07) is -0.488. The lowest BCUT2D eigenvalue weighted by Gasteiger charge is -2.27. The fourth-order valence-corrected chi connectivity index (χ4v) is 1.79. The quantitative estimate of drug-likeness (QED) is 0.724. The zero-order valence-electron chi connectivity index (χ0n) is 10.3. The van der Waals surface area contributed by atoms with E-state index in [1.807, 2.05) is 13.8 Å². The highest BCUT2D eigenvalue weighted by molar-refractivity contribution is 5.86. The van der Waals surface area contributed by atoms with E-state index in [0.29, 0.717) is 12.3 Å². The van der Waals surface area contributed by atoms with Crippen molar-refractivity contribution in [1.82, 2.24) is 5.32 Å². The Kier molecular flexibility index (Phi) is 4.77. The SMILES string of the molecule is COC(=O)[C@@H](CC(C)C)NC(=O)C1CCC1. The number of rotatable bonds is 5. The minimum Gasteiger partial charge on any atom is -0.467 e. The maximum absolute atomic E-state index is 11.7. The van der Waals surface area contributed by atoms with Crippen molar-refractivity contribution < 1.29 is 14.3 Å². The molecule has 1 fully saturated rings. The third kappa shape index (κ3) is 3.51. The van der Waals surface area contributed by atoms with E-state index in [1.165, 1.54) is 7.11 Å². The predicted molar refractivity (Wildman–Crippen MR) is 60.7 cm³/mol. The van der Waals surface area contributed by atoms with Gasteiger partial charge in [-0.1, -0.05) is 20.3 Å². The average molecular weight is 227 g/mol. The van der Waals surface area contributed by atoms with Crippen LogP contribution in [0.4, 0.5) is 0 Å². The Hall–Kier alpha value is -1.06. The van der Waals surface area contributed by atoms with E-state index in [9.17, 15) is 9.59 Å². The van der Waals surface area contributed by atoms with Crippen molar-refractivity contribution in [2.75, 3.05) is 7.11 Å². The van der Waals surface area contributed by atoms with Crippen molar-refractivity contribution in [3.8, 4) is 0 Å². The summed E-state index contributed by atoms with van der Waals surface area (Å²) in [7, 11) is 1.35. The van der Waals surface area contributed by atoms with E-state index >= 15 is 0 Å². The van der Waals surface area contributed by atoms with E-state index in [1.54, 1.807) is 0 Å². The second-order valence-corrected chi connectivity index (χ2v) is 4.84. The van der Waals surface area contributed by atoms with E-state index in [-0.39, 0.29) is 17.8 Å². The molecule has 4 heteroatoms. The second kappa shape index (κ2) is 5.87. The van der Waals surface area contributed by atoms with Gasteiger partial charge in [-0.2, -0.15) is 0 Å². The molecule has 1 amide bonds. The molecule has 0 heterocycles. The van der Waals surface area contributed by atoms with E-state index < -0.39 is 6.04 Å². The van der Waals surface area contributed by atoms with E-state index in [2.05, 4.69) is 5.32 Å². The Balaban J connectivity index is 2.48. The number of esters is 1. The molecule has 0 radical (unpaired) electrons. The van der Waals surface area contributed by atoms with Crippen LogP contribution in [0.25, 0.3) is 0 Å². The molecule has 0 unspecified atom stereocenters. The second-order valence-electron chi connectivity index (χ2n) is 4.84. The van der Waals surface area contributed by atoms with Crippen molar-refractivity contribution in [3.05, 3.63) is 0 Å². The molecule has 1 rings (SSSR count). The van der Waals surface area contributed by atoms with Crippen LogP contribution in [-0.4, -0.2) is 25.0 Å². The van der Waals surface area contributed by atoms with Gasteiger partial charge in [0.1, 0.15) is 6.04 Å². The van der Waals surface area contributed by atoms with Gasteiger partial charge in [-0.05, 0) is 25.2 Å². The van der Waals surface area contributed by atoms with Crippen molar-refractivity contribution in [1.29, 1.82) is 0 Å². The number of ether oxygens (including phenoxy) is 1. The molecule has 1 N–H and O–H groups in total. The van der Waals surface area contributed by atoms with Crippen LogP contribution < -0.4 is 5.32 Å². The summed E-state index contributed by atoms with van der Waals surface area (Å²) in [5, 5.41) is 2.79. The van der Waals surface area contributed by atoms with Crippen LogP contribution in [0.2, 0.25) is 0 Å². The number of carbonyl (C=O) groups excluding carboxylic acids is 2. The summed E-state index contributed by atoms with van der Waals surface area (Å²) < 4.78 is 4.69. The van der Waals surface area contributed by atoms with Gasteiger partial charge < -0.3 is 10.1 Å². The van der Waals surface area contributed by atoms with Crippen molar-refractivity contribution in [3.63, 3.8) is 0 Å². The zero-order chi connectivity index (χ0) is 12.1. The van der Waals surface area contributed by atoms with Gasteiger partial charge in [-0.25, -0.2) is 4.79 Å². The topological polar surface area (TPSA) is 55.4 Å². The fraction of sp³-hybridized carbons (Fsp3) is 0.833. The lowest BCUT2D eigenvalue weighted by atomic mass is 9.84. The van der Waals surface area contributed by atoms with Gasteiger partial charge in [0, 0.05) is 5.92 Å². The Morgan fingerprint density at radius 2 is 2.00 bits per heavy atom. The smallest absolute Gasteiger partial charge is 0.328 e. The van der Waals surface area contributed by atoms with Crippen LogP contribution in [0, 0.1) is 11.8 Å². The van der Waals surface area contributed by atoms with Gasteiger partial charge >= 0.3 is 5.97 Å². The van der Waals surface area contributed by atoms with Gasteiger partial charge in [0.05, 0.1) is 7.11 Å². The summed E-state index contributed by atoms with van der Waals surface area (Å²) in [6.07, 6.45) is 3.64.